The van der Waals surface area contributed by atoms with Gasteiger partial charge in [0.2, 0.25) is 0 Å². The fraction of sp³-hybridized carbons (Fsp3) is 0.600. The molecular weight excluding hydrogens is 127 g/mol. The van der Waals surface area contributed by atoms with Crippen LogP contribution in [0.1, 0.15) is 39.0 Å². The number of unbranched alkanes of at least 4 members (excludes halogenated alkanes) is 4. The minimum absolute atomic E-state index is 0. The zero-order chi connectivity index (χ0) is 7.66. The van der Waals surface area contributed by atoms with E-state index in [1.165, 1.54) is 25.7 Å². The largest absolute Gasteiger partial charge is 1.00 e. The molecule has 0 aliphatic rings. The van der Waals surface area contributed by atoms with Gasteiger partial charge in [0.05, 0.1) is 0 Å². The Bertz CT molecular complexity index is 154. The van der Waals surface area contributed by atoms with E-state index in [0.717, 1.165) is 6.42 Å². The van der Waals surface area contributed by atoms with Gasteiger partial charge in [-0.25, -0.2) is 5.92 Å². The summed E-state index contributed by atoms with van der Waals surface area (Å²) < 4.78 is 0. The average molecular weight is 140 g/mol. The smallest absolute Gasteiger partial charge is 0.358 e. The van der Waals surface area contributed by atoms with E-state index in [2.05, 4.69) is 18.8 Å². The number of rotatable bonds is 4. The molecule has 54 valence electrons. The predicted molar refractivity (Wildman–Crippen MR) is 43.7 cm³/mol. The van der Waals surface area contributed by atoms with Crippen LogP contribution >= 0.6 is 0 Å². The molecule has 0 saturated heterocycles. The van der Waals surface area contributed by atoms with Crippen molar-refractivity contribution in [2.45, 2.75) is 39.0 Å². The third-order valence-corrected chi connectivity index (χ3v) is 1.31. The third-order valence-electron chi connectivity index (χ3n) is 1.31. The van der Waals surface area contributed by atoms with Crippen molar-refractivity contribution < 1.29 is 18.9 Å². The Kier molecular flexibility index (Phi) is 15.0. The summed E-state index contributed by atoms with van der Waals surface area (Å²) in [6, 6.07) is 0. The molecule has 0 saturated carbocycles. The molecule has 0 aliphatic heterocycles. The van der Waals surface area contributed by atoms with Crippen LogP contribution in [0.5, 0.6) is 0 Å². The van der Waals surface area contributed by atoms with Crippen molar-refractivity contribution in [3.8, 4) is 17.8 Å². The molecule has 0 fully saturated rings. The van der Waals surface area contributed by atoms with Crippen LogP contribution in [0, 0.1) is 24.2 Å². The standard InChI is InChI=1S/C10H13.Li/c1-3-5-7-9-10-8-6-4-2;/h3,5,7,9-10H2,1H3;/q-1;+1. The molecule has 0 unspecified atom stereocenters. The minimum Gasteiger partial charge on any atom is -0.358 e. The summed E-state index contributed by atoms with van der Waals surface area (Å²) in [5.74, 6) is 7.38. The molecule has 0 radical (unpaired) electrons. The summed E-state index contributed by atoms with van der Waals surface area (Å²) in [5, 5.41) is 0. The molecule has 0 rings (SSSR count). The fourth-order valence-electron chi connectivity index (χ4n) is 0.747. The van der Waals surface area contributed by atoms with Crippen LogP contribution in [0.15, 0.2) is 0 Å². The Balaban J connectivity index is 0. The first-order valence-corrected chi connectivity index (χ1v) is 3.81. The molecule has 1 heteroatoms. The summed E-state index contributed by atoms with van der Waals surface area (Å²) >= 11 is 0. The Hall–Kier alpha value is -0.283. The molecule has 11 heavy (non-hydrogen) atoms. The van der Waals surface area contributed by atoms with Crippen LogP contribution in [0.25, 0.3) is 0 Å². The van der Waals surface area contributed by atoms with Crippen LogP contribution in [0.4, 0.5) is 0 Å². The monoisotopic (exact) mass is 140 g/mol. The first-order chi connectivity index (χ1) is 4.91. The molecule has 0 atom stereocenters. The van der Waals surface area contributed by atoms with Crippen molar-refractivity contribution in [3.63, 3.8) is 0 Å². The van der Waals surface area contributed by atoms with E-state index in [1.807, 2.05) is 5.92 Å². The normalized spacial score (nSPS) is 6.91. The van der Waals surface area contributed by atoms with Gasteiger partial charge in [-0.3, -0.25) is 11.8 Å². The van der Waals surface area contributed by atoms with Crippen molar-refractivity contribution in [1.29, 1.82) is 0 Å². The van der Waals surface area contributed by atoms with Crippen LogP contribution in [-0.2, 0) is 0 Å². The van der Waals surface area contributed by atoms with Gasteiger partial charge in [-0.2, -0.15) is 0 Å². The van der Waals surface area contributed by atoms with Gasteiger partial charge >= 0.3 is 18.9 Å². The number of hydrogen-bond donors (Lipinski definition) is 0. The first kappa shape index (κ1) is 13.3. The van der Waals surface area contributed by atoms with Crippen molar-refractivity contribution in [3.05, 3.63) is 6.42 Å². The van der Waals surface area contributed by atoms with Gasteiger partial charge in [0.15, 0.2) is 0 Å². The van der Waals surface area contributed by atoms with E-state index in [-0.39, 0.29) is 18.9 Å². The van der Waals surface area contributed by atoms with Gasteiger partial charge in [-0.05, 0) is 12.8 Å². The molecule has 0 aromatic carbocycles. The maximum Gasteiger partial charge on any atom is 1.00 e. The van der Waals surface area contributed by atoms with Gasteiger partial charge in [-0.15, -0.1) is 0 Å². The first-order valence-electron chi connectivity index (χ1n) is 3.81. The summed E-state index contributed by atoms with van der Waals surface area (Å²) in [7, 11) is 0. The molecule has 0 aromatic heterocycles. The molecule has 0 N–H and O–H groups in total. The Morgan fingerprint density at radius 3 is 2.45 bits per heavy atom. The molecule has 0 heterocycles. The van der Waals surface area contributed by atoms with E-state index in [9.17, 15) is 0 Å². The van der Waals surface area contributed by atoms with Crippen LogP contribution in [0.3, 0.4) is 0 Å². The zero-order valence-electron chi connectivity index (χ0n) is 7.54. The second kappa shape index (κ2) is 12.4. The third kappa shape index (κ3) is 12.8. The maximum absolute atomic E-state index is 6.50. The summed E-state index contributed by atoms with van der Waals surface area (Å²) in [5.41, 5.74) is 0. The van der Waals surface area contributed by atoms with Crippen molar-refractivity contribution in [1.82, 2.24) is 0 Å². The van der Waals surface area contributed by atoms with Crippen LogP contribution in [-0.4, -0.2) is 0 Å². The summed E-state index contributed by atoms with van der Waals surface area (Å²) in [4.78, 5) is 0. The van der Waals surface area contributed by atoms with E-state index in [1.54, 1.807) is 0 Å². The van der Waals surface area contributed by atoms with E-state index in [4.69, 9.17) is 6.42 Å². The maximum atomic E-state index is 6.50. The summed E-state index contributed by atoms with van der Waals surface area (Å²) in [6.07, 6.45) is 12.4. The average Bonchev–Trinajstić information content (AvgIpc) is 1.97. The zero-order valence-corrected chi connectivity index (χ0v) is 7.54. The predicted octanol–water partition coefficient (Wildman–Crippen LogP) is -0.446. The second-order valence-corrected chi connectivity index (χ2v) is 2.24. The Morgan fingerprint density at radius 1 is 1.18 bits per heavy atom. The molecule has 0 spiro atoms. The van der Waals surface area contributed by atoms with Crippen molar-refractivity contribution in [2.75, 3.05) is 0 Å². The van der Waals surface area contributed by atoms with E-state index in [0.29, 0.717) is 0 Å². The quantitative estimate of drug-likeness (QED) is 0.215. The van der Waals surface area contributed by atoms with Gasteiger partial charge in [0.25, 0.3) is 0 Å². The Labute approximate surface area is 82.3 Å². The fourth-order valence-corrected chi connectivity index (χ4v) is 0.747. The van der Waals surface area contributed by atoms with Gasteiger partial charge < -0.3 is 6.42 Å². The topological polar surface area (TPSA) is 0 Å². The minimum atomic E-state index is 0. The van der Waals surface area contributed by atoms with E-state index < -0.39 is 0 Å². The SMILES string of the molecule is [C-]#CC#CCCCCCC.[Li+]. The van der Waals surface area contributed by atoms with Gasteiger partial charge in [-0.1, -0.05) is 26.2 Å². The molecule has 0 aliphatic carbocycles. The van der Waals surface area contributed by atoms with E-state index >= 15 is 0 Å². The van der Waals surface area contributed by atoms with Crippen molar-refractivity contribution >= 4 is 0 Å². The van der Waals surface area contributed by atoms with Crippen LogP contribution < -0.4 is 18.9 Å². The van der Waals surface area contributed by atoms with Gasteiger partial charge in [0.1, 0.15) is 0 Å². The van der Waals surface area contributed by atoms with Crippen LogP contribution in [0.2, 0.25) is 0 Å². The van der Waals surface area contributed by atoms with Crippen molar-refractivity contribution in [2.24, 2.45) is 0 Å². The summed E-state index contributed by atoms with van der Waals surface area (Å²) in [6.45, 7) is 2.19. The molecule has 0 nitrogen and oxygen atoms in total. The second-order valence-electron chi connectivity index (χ2n) is 2.24. The molecule has 0 bridgehead atoms. The molecule has 0 aromatic rings. The molecular formula is C10H13Li. The Morgan fingerprint density at radius 2 is 1.91 bits per heavy atom. The molecule has 0 amide bonds. The number of hydrogen-bond acceptors (Lipinski definition) is 0. The van der Waals surface area contributed by atoms with Gasteiger partial charge in [0, 0.05) is 0 Å².